The minimum absolute atomic E-state index is 0.118. The molecule has 6 heteroatoms. The summed E-state index contributed by atoms with van der Waals surface area (Å²) in [5.41, 5.74) is 0. The van der Waals surface area contributed by atoms with E-state index in [1.54, 1.807) is 6.92 Å². The lowest BCUT2D eigenvalue weighted by Crippen LogP contribution is -2.49. The summed E-state index contributed by atoms with van der Waals surface area (Å²) < 4.78 is 25.1. The molecule has 0 aromatic heterocycles. The molecule has 102 valence electrons. The molecule has 2 unspecified atom stereocenters. The van der Waals surface area contributed by atoms with Crippen molar-refractivity contribution in [2.45, 2.75) is 32.7 Å². The van der Waals surface area contributed by atoms with Gasteiger partial charge in [-0.25, -0.2) is 13.1 Å². The lowest BCUT2D eigenvalue weighted by molar-refractivity contribution is 0.0549. The fourth-order valence-electron chi connectivity index (χ4n) is 2.35. The minimum Gasteiger partial charge on any atom is -0.395 e. The quantitative estimate of drug-likeness (QED) is 0.709. The van der Waals surface area contributed by atoms with Crippen LogP contribution < -0.4 is 4.72 Å². The highest BCUT2D eigenvalue weighted by atomic mass is 32.2. The van der Waals surface area contributed by atoms with E-state index in [-0.39, 0.29) is 18.4 Å². The smallest absolute Gasteiger partial charge is 0.211 e. The number of nitrogens with one attached hydrogen (secondary N) is 1. The Hall–Kier alpha value is -0.170. The number of hydrogen-bond acceptors (Lipinski definition) is 4. The van der Waals surface area contributed by atoms with Crippen molar-refractivity contribution in [3.05, 3.63) is 0 Å². The third-order valence-corrected chi connectivity index (χ3v) is 4.92. The van der Waals surface area contributed by atoms with Crippen LogP contribution in [0.2, 0.25) is 0 Å². The summed E-state index contributed by atoms with van der Waals surface area (Å²) in [5.74, 6) is 0.601. The highest BCUT2D eigenvalue weighted by molar-refractivity contribution is 7.89. The molecular weight excluding hydrogens is 240 g/mol. The van der Waals surface area contributed by atoms with Gasteiger partial charge < -0.3 is 5.11 Å². The summed E-state index contributed by atoms with van der Waals surface area (Å²) in [5, 5.41) is 9.36. The average Bonchev–Trinajstić information content (AvgIpc) is 2.29. The van der Waals surface area contributed by atoms with Crippen molar-refractivity contribution < 1.29 is 13.5 Å². The van der Waals surface area contributed by atoms with Crippen LogP contribution in [0.1, 0.15) is 26.7 Å². The van der Waals surface area contributed by atoms with E-state index in [0.717, 1.165) is 19.4 Å². The van der Waals surface area contributed by atoms with Gasteiger partial charge in [-0.05, 0) is 32.2 Å². The van der Waals surface area contributed by atoms with Gasteiger partial charge in [-0.15, -0.1) is 0 Å². The molecule has 0 amide bonds. The minimum atomic E-state index is -3.10. The van der Waals surface area contributed by atoms with Crippen LogP contribution in [0.3, 0.4) is 0 Å². The largest absolute Gasteiger partial charge is 0.395 e. The van der Waals surface area contributed by atoms with Gasteiger partial charge in [-0.2, -0.15) is 0 Å². The molecule has 0 spiro atoms. The third-order valence-electron chi connectivity index (χ3n) is 3.52. The Bertz CT molecular complexity index is 319. The highest BCUT2D eigenvalue weighted by Crippen LogP contribution is 2.22. The van der Waals surface area contributed by atoms with Crippen LogP contribution in [-0.4, -0.2) is 56.5 Å². The molecule has 1 rings (SSSR count). The second-order valence-electron chi connectivity index (χ2n) is 4.70. The zero-order valence-corrected chi connectivity index (χ0v) is 11.5. The van der Waals surface area contributed by atoms with Crippen molar-refractivity contribution in [1.29, 1.82) is 0 Å². The normalized spacial score (nSPS) is 27.2. The molecule has 0 bridgehead atoms. The third kappa shape index (κ3) is 4.54. The zero-order chi connectivity index (χ0) is 12.9. The molecule has 1 saturated heterocycles. The molecule has 1 aliphatic heterocycles. The number of aliphatic hydroxyl groups excluding tert-OH is 1. The van der Waals surface area contributed by atoms with E-state index in [4.69, 9.17) is 0 Å². The van der Waals surface area contributed by atoms with Gasteiger partial charge in [0, 0.05) is 19.1 Å². The standard InChI is InChI=1S/C11H24N2O3S/c1-3-17(15,16)12-6-8-13-7-4-5-10(2)11(13)9-14/h10-12,14H,3-9H2,1-2H3. The lowest BCUT2D eigenvalue weighted by Gasteiger charge is -2.39. The van der Waals surface area contributed by atoms with Gasteiger partial charge >= 0.3 is 0 Å². The molecule has 1 heterocycles. The van der Waals surface area contributed by atoms with Gasteiger partial charge in [0.2, 0.25) is 10.0 Å². The first-order chi connectivity index (χ1) is 8.00. The van der Waals surface area contributed by atoms with E-state index >= 15 is 0 Å². The van der Waals surface area contributed by atoms with E-state index < -0.39 is 10.0 Å². The number of hydrogen-bond donors (Lipinski definition) is 2. The number of aliphatic hydroxyl groups is 1. The van der Waals surface area contributed by atoms with E-state index in [9.17, 15) is 13.5 Å². The van der Waals surface area contributed by atoms with Crippen LogP contribution >= 0.6 is 0 Å². The fraction of sp³-hybridized carbons (Fsp3) is 1.00. The summed E-state index contributed by atoms with van der Waals surface area (Å²) >= 11 is 0. The molecule has 2 N–H and O–H groups in total. The van der Waals surface area contributed by atoms with Crippen molar-refractivity contribution in [2.24, 2.45) is 5.92 Å². The second kappa shape index (κ2) is 6.68. The molecule has 0 aliphatic carbocycles. The maximum absolute atomic E-state index is 11.3. The predicted molar refractivity (Wildman–Crippen MR) is 68.3 cm³/mol. The Morgan fingerprint density at radius 3 is 2.76 bits per heavy atom. The summed E-state index contributed by atoms with van der Waals surface area (Å²) in [4.78, 5) is 2.19. The van der Waals surface area contributed by atoms with E-state index in [2.05, 4.69) is 16.5 Å². The van der Waals surface area contributed by atoms with Crippen LogP contribution in [0.25, 0.3) is 0 Å². The van der Waals surface area contributed by atoms with Crippen LogP contribution in [0.4, 0.5) is 0 Å². The Kier molecular flexibility index (Phi) is 5.85. The van der Waals surface area contributed by atoms with Gasteiger partial charge in [0.15, 0.2) is 0 Å². The first-order valence-electron chi connectivity index (χ1n) is 6.32. The van der Waals surface area contributed by atoms with Gasteiger partial charge in [0.1, 0.15) is 0 Å². The number of piperidine rings is 1. The first kappa shape index (κ1) is 14.9. The molecule has 0 aromatic carbocycles. The summed E-state index contributed by atoms with van der Waals surface area (Å²) in [6.07, 6.45) is 2.26. The van der Waals surface area contributed by atoms with E-state index in [0.29, 0.717) is 19.0 Å². The van der Waals surface area contributed by atoms with Crippen LogP contribution in [0, 0.1) is 5.92 Å². The maximum atomic E-state index is 11.3. The number of rotatable bonds is 6. The Morgan fingerprint density at radius 2 is 2.18 bits per heavy atom. The van der Waals surface area contributed by atoms with E-state index in [1.807, 2.05) is 0 Å². The van der Waals surface area contributed by atoms with Crippen molar-refractivity contribution in [3.63, 3.8) is 0 Å². The SMILES string of the molecule is CCS(=O)(=O)NCCN1CCCC(C)C1CO. The lowest BCUT2D eigenvalue weighted by atomic mass is 9.91. The maximum Gasteiger partial charge on any atom is 0.211 e. The zero-order valence-electron chi connectivity index (χ0n) is 10.7. The molecule has 1 fully saturated rings. The van der Waals surface area contributed by atoms with Crippen molar-refractivity contribution in [1.82, 2.24) is 9.62 Å². The summed E-state index contributed by atoms with van der Waals surface area (Å²) in [6, 6.07) is 0.176. The monoisotopic (exact) mass is 264 g/mol. The Labute approximate surface area is 104 Å². The molecule has 17 heavy (non-hydrogen) atoms. The molecule has 1 aliphatic rings. The van der Waals surface area contributed by atoms with Crippen molar-refractivity contribution >= 4 is 10.0 Å². The molecule has 2 atom stereocenters. The molecule has 0 saturated carbocycles. The van der Waals surface area contributed by atoms with E-state index in [1.165, 1.54) is 0 Å². The van der Waals surface area contributed by atoms with Crippen molar-refractivity contribution in [2.75, 3.05) is 32.0 Å². The Morgan fingerprint density at radius 1 is 1.47 bits per heavy atom. The summed E-state index contributed by atoms with van der Waals surface area (Å²) in [6.45, 7) is 5.98. The van der Waals surface area contributed by atoms with Crippen LogP contribution in [0.5, 0.6) is 0 Å². The molecule has 0 aromatic rings. The highest BCUT2D eigenvalue weighted by Gasteiger charge is 2.27. The fourth-order valence-corrected chi connectivity index (χ4v) is 2.96. The number of sulfonamides is 1. The first-order valence-corrected chi connectivity index (χ1v) is 7.97. The van der Waals surface area contributed by atoms with Gasteiger partial charge in [-0.1, -0.05) is 6.92 Å². The number of likely N-dealkylation sites (tertiary alicyclic amines) is 1. The average molecular weight is 264 g/mol. The topological polar surface area (TPSA) is 69.6 Å². The van der Waals surface area contributed by atoms with Crippen molar-refractivity contribution in [3.8, 4) is 0 Å². The van der Waals surface area contributed by atoms with Gasteiger partial charge in [-0.3, -0.25) is 4.90 Å². The van der Waals surface area contributed by atoms with Gasteiger partial charge in [0.05, 0.1) is 12.4 Å². The molecule has 5 nitrogen and oxygen atoms in total. The second-order valence-corrected chi connectivity index (χ2v) is 6.80. The molecule has 0 radical (unpaired) electrons. The Balaban J connectivity index is 2.39. The van der Waals surface area contributed by atoms with Gasteiger partial charge in [0.25, 0.3) is 0 Å². The summed E-state index contributed by atoms with van der Waals surface area (Å²) in [7, 11) is -3.10. The number of nitrogens with zero attached hydrogens (tertiary/aromatic N) is 1. The predicted octanol–water partition coefficient (Wildman–Crippen LogP) is 0.0185. The molecular formula is C11H24N2O3S. The van der Waals surface area contributed by atoms with Crippen LogP contribution in [0.15, 0.2) is 0 Å². The van der Waals surface area contributed by atoms with Crippen LogP contribution in [-0.2, 0) is 10.0 Å².